The predicted molar refractivity (Wildman–Crippen MR) is 60.4 cm³/mol. The second-order valence-electron chi connectivity index (χ2n) is 3.74. The fourth-order valence-electron chi connectivity index (χ4n) is 1.36. The fourth-order valence-corrected chi connectivity index (χ4v) is 2.32. The second kappa shape index (κ2) is 4.61. The number of carboxylic acid groups (broad SMARTS) is 1. The van der Waals surface area contributed by atoms with Gasteiger partial charge in [0.05, 0.1) is 5.01 Å². The van der Waals surface area contributed by atoms with E-state index in [1.165, 1.54) is 25.3 Å². The largest absolute Gasteiger partial charge is 0.480 e. The van der Waals surface area contributed by atoms with E-state index in [2.05, 4.69) is 10.3 Å². The molecule has 0 aromatic carbocycles. The lowest BCUT2D eigenvalue weighted by Crippen LogP contribution is -2.44. The fraction of sp³-hybridized carbons (Fsp3) is 0.500. The molecule has 1 aromatic heterocycles. The Kier molecular flexibility index (Phi) is 3.64. The highest BCUT2D eigenvalue weighted by molar-refractivity contribution is 7.11. The van der Waals surface area contributed by atoms with Gasteiger partial charge in [-0.25, -0.2) is 4.98 Å². The van der Waals surface area contributed by atoms with E-state index in [-0.39, 0.29) is 6.42 Å². The minimum atomic E-state index is -1.44. The molecule has 1 amide bonds. The third-order valence-corrected chi connectivity index (χ3v) is 3.31. The third-order valence-electron chi connectivity index (χ3n) is 2.40. The molecule has 0 spiro atoms. The molecule has 0 aliphatic carbocycles. The van der Waals surface area contributed by atoms with Crippen molar-refractivity contribution in [2.75, 3.05) is 7.05 Å². The number of carbonyl (C=O) groups excluding carboxylic acids is 1. The summed E-state index contributed by atoms with van der Waals surface area (Å²) in [6.45, 7) is 3.26. The Morgan fingerprint density at radius 3 is 2.62 bits per heavy atom. The normalized spacial score (nSPS) is 14.2. The van der Waals surface area contributed by atoms with Crippen LogP contribution in [0, 0.1) is 12.3 Å². The summed E-state index contributed by atoms with van der Waals surface area (Å²) in [4.78, 5) is 27.6. The van der Waals surface area contributed by atoms with Crippen molar-refractivity contribution >= 4 is 23.2 Å². The molecule has 0 aliphatic heterocycles. The molecule has 1 atom stereocenters. The molecule has 0 radical (unpaired) electrons. The summed E-state index contributed by atoms with van der Waals surface area (Å²) < 4.78 is 0. The highest BCUT2D eigenvalue weighted by atomic mass is 32.1. The van der Waals surface area contributed by atoms with Crippen molar-refractivity contribution in [2.24, 2.45) is 5.41 Å². The molecule has 0 saturated heterocycles. The summed E-state index contributed by atoms with van der Waals surface area (Å²) in [6.07, 6.45) is 1.78. The molecule has 16 heavy (non-hydrogen) atoms. The van der Waals surface area contributed by atoms with Gasteiger partial charge in [0.25, 0.3) is 0 Å². The van der Waals surface area contributed by atoms with Gasteiger partial charge in [-0.05, 0) is 13.8 Å². The van der Waals surface area contributed by atoms with Crippen molar-refractivity contribution in [1.29, 1.82) is 0 Å². The zero-order chi connectivity index (χ0) is 12.3. The monoisotopic (exact) mass is 242 g/mol. The van der Waals surface area contributed by atoms with Crippen molar-refractivity contribution in [1.82, 2.24) is 10.3 Å². The molecule has 0 aliphatic rings. The lowest BCUT2D eigenvalue weighted by atomic mass is 9.85. The smallest absolute Gasteiger partial charge is 0.319 e. The second-order valence-corrected chi connectivity index (χ2v) is 5.06. The molecule has 0 fully saturated rings. The van der Waals surface area contributed by atoms with Crippen LogP contribution in [-0.2, 0) is 16.0 Å². The van der Waals surface area contributed by atoms with Gasteiger partial charge in [0, 0.05) is 24.5 Å². The Bertz CT molecular complexity index is 416. The number of thiazole rings is 1. The van der Waals surface area contributed by atoms with E-state index in [9.17, 15) is 9.59 Å². The van der Waals surface area contributed by atoms with Crippen LogP contribution in [0.1, 0.15) is 16.8 Å². The van der Waals surface area contributed by atoms with E-state index >= 15 is 0 Å². The Hall–Kier alpha value is -1.43. The highest BCUT2D eigenvalue weighted by Gasteiger charge is 2.41. The number of hydrogen-bond acceptors (Lipinski definition) is 4. The number of hydrogen-bond donors (Lipinski definition) is 2. The molecule has 1 aromatic rings. The number of aromatic nitrogens is 1. The first-order valence-corrected chi connectivity index (χ1v) is 5.58. The quantitative estimate of drug-likeness (QED) is 0.766. The Balaban J connectivity index is 2.96. The van der Waals surface area contributed by atoms with Gasteiger partial charge in [0.2, 0.25) is 5.91 Å². The van der Waals surface area contributed by atoms with Crippen LogP contribution in [0.15, 0.2) is 6.20 Å². The molecular formula is C10H14N2O3S. The maximum Gasteiger partial charge on any atom is 0.319 e. The molecule has 5 nitrogen and oxygen atoms in total. The van der Waals surface area contributed by atoms with Crippen LogP contribution in [-0.4, -0.2) is 29.0 Å². The zero-order valence-electron chi connectivity index (χ0n) is 9.40. The van der Waals surface area contributed by atoms with E-state index in [1.807, 2.05) is 6.92 Å². The van der Waals surface area contributed by atoms with E-state index in [1.54, 1.807) is 6.20 Å². The van der Waals surface area contributed by atoms with Gasteiger partial charge in [-0.1, -0.05) is 0 Å². The molecular weight excluding hydrogens is 228 g/mol. The molecule has 1 unspecified atom stereocenters. The SMILES string of the molecule is CNC(=O)C(C)(Cc1cnc(C)s1)C(=O)O. The summed E-state index contributed by atoms with van der Waals surface area (Å²) in [6, 6.07) is 0. The maximum absolute atomic E-state index is 11.6. The van der Waals surface area contributed by atoms with Gasteiger partial charge < -0.3 is 10.4 Å². The van der Waals surface area contributed by atoms with Crippen molar-refractivity contribution in [2.45, 2.75) is 20.3 Å². The van der Waals surface area contributed by atoms with Crippen LogP contribution < -0.4 is 5.32 Å². The first-order chi connectivity index (χ1) is 7.40. The topological polar surface area (TPSA) is 79.3 Å². The standard InChI is InChI=1S/C10H14N2O3S/c1-6-12-5-7(16-6)4-10(2,9(14)15)8(13)11-3/h5H,4H2,1-3H3,(H,11,13)(H,14,15). The Morgan fingerprint density at radius 1 is 1.62 bits per heavy atom. The molecule has 1 rings (SSSR count). The van der Waals surface area contributed by atoms with Crippen LogP contribution in [0.2, 0.25) is 0 Å². The number of nitrogens with one attached hydrogen (secondary N) is 1. The molecule has 0 saturated carbocycles. The number of amides is 1. The Labute approximate surface area is 97.5 Å². The predicted octanol–water partition coefficient (Wildman–Crippen LogP) is 0.831. The number of carbonyl (C=O) groups is 2. The van der Waals surface area contributed by atoms with Crippen LogP contribution in [0.4, 0.5) is 0 Å². The van der Waals surface area contributed by atoms with Crippen LogP contribution in [0.3, 0.4) is 0 Å². The van der Waals surface area contributed by atoms with Crippen molar-refractivity contribution in [3.8, 4) is 0 Å². The molecule has 1 heterocycles. The molecule has 88 valence electrons. The lowest BCUT2D eigenvalue weighted by molar-refractivity contribution is -0.154. The van der Waals surface area contributed by atoms with Gasteiger partial charge in [0.15, 0.2) is 0 Å². The summed E-state index contributed by atoms with van der Waals surface area (Å²) in [5.41, 5.74) is -1.44. The van der Waals surface area contributed by atoms with Crippen LogP contribution >= 0.6 is 11.3 Å². The van der Waals surface area contributed by atoms with Crippen molar-refractivity contribution < 1.29 is 14.7 Å². The van der Waals surface area contributed by atoms with Crippen LogP contribution in [0.5, 0.6) is 0 Å². The van der Waals surface area contributed by atoms with Gasteiger partial charge >= 0.3 is 5.97 Å². The third kappa shape index (κ3) is 2.38. The van der Waals surface area contributed by atoms with E-state index < -0.39 is 17.3 Å². The maximum atomic E-state index is 11.6. The van der Waals surface area contributed by atoms with Gasteiger partial charge in [-0.2, -0.15) is 0 Å². The van der Waals surface area contributed by atoms with Crippen molar-refractivity contribution in [3.05, 3.63) is 16.1 Å². The number of nitrogens with zero attached hydrogens (tertiary/aromatic N) is 1. The van der Waals surface area contributed by atoms with Gasteiger partial charge in [0.1, 0.15) is 5.41 Å². The lowest BCUT2D eigenvalue weighted by Gasteiger charge is -2.21. The van der Waals surface area contributed by atoms with Gasteiger partial charge in [-0.3, -0.25) is 9.59 Å². The van der Waals surface area contributed by atoms with Crippen molar-refractivity contribution in [3.63, 3.8) is 0 Å². The summed E-state index contributed by atoms with van der Waals surface area (Å²) in [5, 5.41) is 12.4. The number of aliphatic carboxylic acids is 1. The average molecular weight is 242 g/mol. The highest BCUT2D eigenvalue weighted by Crippen LogP contribution is 2.26. The molecule has 6 heteroatoms. The summed E-state index contributed by atoms with van der Waals surface area (Å²) in [5.74, 6) is -1.62. The Morgan fingerprint density at radius 2 is 2.25 bits per heavy atom. The number of aryl methyl sites for hydroxylation is 1. The van der Waals surface area contributed by atoms with Crippen LogP contribution in [0.25, 0.3) is 0 Å². The van der Waals surface area contributed by atoms with E-state index in [0.717, 1.165) is 9.88 Å². The zero-order valence-corrected chi connectivity index (χ0v) is 10.2. The molecule has 0 bridgehead atoms. The van der Waals surface area contributed by atoms with Gasteiger partial charge in [-0.15, -0.1) is 11.3 Å². The van der Waals surface area contributed by atoms with E-state index in [4.69, 9.17) is 5.11 Å². The van der Waals surface area contributed by atoms with E-state index in [0.29, 0.717) is 0 Å². The number of carboxylic acids is 1. The average Bonchev–Trinajstić information content (AvgIpc) is 2.62. The summed E-state index contributed by atoms with van der Waals surface area (Å²) in [7, 11) is 1.43. The number of rotatable bonds is 4. The first-order valence-electron chi connectivity index (χ1n) is 4.77. The minimum absolute atomic E-state index is 0.160. The molecule has 2 N–H and O–H groups in total. The minimum Gasteiger partial charge on any atom is -0.480 e. The first kappa shape index (κ1) is 12.6. The summed E-state index contributed by atoms with van der Waals surface area (Å²) >= 11 is 1.41.